The number of aliphatic hydroxyl groups is 2. The lowest BCUT2D eigenvalue weighted by molar-refractivity contribution is -0.261. The first-order valence-electron chi connectivity index (χ1n) is 4.50. The van der Waals surface area contributed by atoms with Crippen LogP contribution in [0.2, 0.25) is 0 Å². The van der Waals surface area contributed by atoms with Gasteiger partial charge in [0, 0.05) is 6.42 Å². The van der Waals surface area contributed by atoms with Gasteiger partial charge in [-0.15, -0.1) is 0 Å². The van der Waals surface area contributed by atoms with Gasteiger partial charge in [-0.3, -0.25) is 4.79 Å². The average molecular weight is 189 g/mol. The van der Waals surface area contributed by atoms with Crippen molar-refractivity contribution in [3.63, 3.8) is 0 Å². The first-order valence-corrected chi connectivity index (χ1v) is 4.50. The molecule has 0 aliphatic carbocycles. The summed E-state index contributed by atoms with van der Waals surface area (Å²) in [5, 5.41) is 19.5. The molecule has 1 rings (SSSR count). The van der Waals surface area contributed by atoms with E-state index in [4.69, 9.17) is 4.84 Å². The molecule has 1 fully saturated rings. The molecule has 5 nitrogen and oxygen atoms in total. The zero-order valence-electron chi connectivity index (χ0n) is 7.64. The molecule has 0 bridgehead atoms. The molecule has 0 amide bonds. The third-order valence-corrected chi connectivity index (χ3v) is 1.93. The largest absolute Gasteiger partial charge is 0.375 e. The van der Waals surface area contributed by atoms with Crippen LogP contribution in [0, 0.1) is 0 Å². The Bertz CT molecular complexity index is 175. The van der Waals surface area contributed by atoms with Gasteiger partial charge in [-0.2, -0.15) is 0 Å². The summed E-state index contributed by atoms with van der Waals surface area (Å²) in [5.41, 5.74) is 0. The van der Waals surface area contributed by atoms with Crippen LogP contribution < -0.4 is 0 Å². The topological polar surface area (TPSA) is 70.0 Å². The molecular formula is C8H15NO4. The van der Waals surface area contributed by atoms with Crippen LogP contribution in [0.3, 0.4) is 0 Å². The molecule has 0 saturated carbocycles. The Balaban J connectivity index is 2.38. The van der Waals surface area contributed by atoms with E-state index in [1.54, 1.807) is 0 Å². The summed E-state index contributed by atoms with van der Waals surface area (Å²) in [7, 11) is 0. The first kappa shape index (κ1) is 10.4. The van der Waals surface area contributed by atoms with Crippen molar-refractivity contribution in [3.8, 4) is 0 Å². The van der Waals surface area contributed by atoms with Crippen LogP contribution in [0.5, 0.6) is 0 Å². The summed E-state index contributed by atoms with van der Waals surface area (Å²) in [4.78, 5) is 15.8. The molecule has 0 radical (unpaired) electrons. The second-order valence-corrected chi connectivity index (χ2v) is 3.11. The number of carbonyl (C=O) groups is 1. The van der Waals surface area contributed by atoms with Crippen molar-refractivity contribution in [2.24, 2.45) is 0 Å². The minimum atomic E-state index is -0.865. The van der Waals surface area contributed by atoms with E-state index >= 15 is 0 Å². The molecule has 0 aromatic carbocycles. The van der Waals surface area contributed by atoms with Gasteiger partial charge in [0.15, 0.2) is 0 Å². The molecule has 76 valence electrons. The van der Waals surface area contributed by atoms with Crippen LogP contribution in [-0.2, 0) is 9.63 Å². The van der Waals surface area contributed by atoms with Gasteiger partial charge in [0.05, 0.1) is 0 Å². The van der Waals surface area contributed by atoms with Gasteiger partial charge in [-0.25, -0.2) is 0 Å². The second kappa shape index (κ2) is 4.55. The van der Waals surface area contributed by atoms with Gasteiger partial charge < -0.3 is 15.1 Å². The number of rotatable bonds is 3. The number of nitrogens with zero attached hydrogens (tertiary/aromatic N) is 1. The number of hydroxylamine groups is 2. The van der Waals surface area contributed by atoms with Crippen molar-refractivity contribution < 1.29 is 19.8 Å². The third-order valence-electron chi connectivity index (χ3n) is 1.93. The Morgan fingerprint density at radius 3 is 2.46 bits per heavy atom. The minimum Gasteiger partial charge on any atom is -0.375 e. The number of aliphatic hydroxyl groups excluding tert-OH is 2. The minimum absolute atomic E-state index is 0.302. The highest BCUT2D eigenvalue weighted by atomic mass is 16.7. The zero-order chi connectivity index (χ0) is 9.84. The predicted molar refractivity (Wildman–Crippen MR) is 44.1 cm³/mol. The molecule has 2 atom stereocenters. The fourth-order valence-electron chi connectivity index (χ4n) is 1.24. The van der Waals surface area contributed by atoms with Crippen molar-refractivity contribution >= 4 is 5.97 Å². The maximum Gasteiger partial charge on any atom is 0.325 e. The van der Waals surface area contributed by atoms with Crippen molar-refractivity contribution in [3.05, 3.63) is 0 Å². The standard InChI is InChI=1S/C8H15NO4/c1-2-3-8(12)13-9-6(10)4-5-7(9)11/h6-7,10-11H,2-5H2,1H3. The highest BCUT2D eigenvalue weighted by Gasteiger charge is 2.33. The maximum atomic E-state index is 11.0. The van der Waals surface area contributed by atoms with E-state index in [2.05, 4.69) is 0 Å². The lowest BCUT2D eigenvalue weighted by Gasteiger charge is -2.21. The summed E-state index contributed by atoms with van der Waals surface area (Å²) in [6.07, 6.45) is 0.127. The van der Waals surface area contributed by atoms with E-state index in [0.717, 1.165) is 5.06 Å². The second-order valence-electron chi connectivity index (χ2n) is 3.11. The molecule has 0 aromatic rings. The maximum absolute atomic E-state index is 11.0. The van der Waals surface area contributed by atoms with Gasteiger partial charge >= 0.3 is 5.97 Å². The van der Waals surface area contributed by atoms with Crippen LogP contribution in [0.15, 0.2) is 0 Å². The smallest absolute Gasteiger partial charge is 0.325 e. The molecule has 1 heterocycles. The van der Waals surface area contributed by atoms with Crippen LogP contribution in [0.1, 0.15) is 32.6 Å². The number of hydrogen-bond acceptors (Lipinski definition) is 5. The van der Waals surface area contributed by atoms with Crippen molar-refractivity contribution in [1.82, 2.24) is 5.06 Å². The van der Waals surface area contributed by atoms with Gasteiger partial charge in [0.25, 0.3) is 0 Å². The Labute approximate surface area is 76.9 Å². The molecule has 13 heavy (non-hydrogen) atoms. The van der Waals surface area contributed by atoms with E-state index < -0.39 is 18.4 Å². The van der Waals surface area contributed by atoms with Crippen molar-refractivity contribution in [2.45, 2.75) is 45.1 Å². The summed E-state index contributed by atoms with van der Waals surface area (Å²) in [6, 6.07) is 0. The quantitative estimate of drug-likeness (QED) is 0.652. The lowest BCUT2D eigenvalue weighted by Crippen LogP contribution is -2.37. The summed E-state index contributed by atoms with van der Waals surface area (Å²) in [5.74, 6) is -0.414. The van der Waals surface area contributed by atoms with Gasteiger partial charge in [0.1, 0.15) is 12.5 Å². The SMILES string of the molecule is CCCC(=O)ON1C(O)CCC1O. The van der Waals surface area contributed by atoms with Crippen LogP contribution in [0.4, 0.5) is 0 Å². The monoisotopic (exact) mass is 189 g/mol. The van der Waals surface area contributed by atoms with E-state index in [1.807, 2.05) is 6.92 Å². The average Bonchev–Trinajstić information content (AvgIpc) is 2.36. The highest BCUT2D eigenvalue weighted by Crippen LogP contribution is 2.20. The Morgan fingerprint density at radius 2 is 2.00 bits per heavy atom. The molecular weight excluding hydrogens is 174 g/mol. The van der Waals surface area contributed by atoms with E-state index in [9.17, 15) is 15.0 Å². The van der Waals surface area contributed by atoms with Crippen LogP contribution in [-0.4, -0.2) is 33.7 Å². The number of carbonyl (C=O) groups excluding carboxylic acids is 1. The molecule has 1 aliphatic heterocycles. The fraction of sp³-hybridized carbons (Fsp3) is 0.875. The third kappa shape index (κ3) is 2.65. The first-order chi connectivity index (χ1) is 6.15. The Morgan fingerprint density at radius 1 is 1.46 bits per heavy atom. The molecule has 2 N–H and O–H groups in total. The molecule has 1 saturated heterocycles. The molecule has 0 spiro atoms. The summed E-state index contributed by atoms with van der Waals surface area (Å²) >= 11 is 0. The van der Waals surface area contributed by atoms with Crippen molar-refractivity contribution in [2.75, 3.05) is 0 Å². The predicted octanol–water partition coefficient (Wildman–Crippen LogP) is -0.0227. The van der Waals surface area contributed by atoms with E-state index in [0.29, 0.717) is 25.7 Å². The van der Waals surface area contributed by atoms with E-state index in [-0.39, 0.29) is 0 Å². The Kier molecular flexibility index (Phi) is 3.65. The molecule has 2 unspecified atom stereocenters. The summed E-state index contributed by atoms with van der Waals surface area (Å²) in [6.45, 7) is 1.86. The van der Waals surface area contributed by atoms with Crippen LogP contribution in [0.25, 0.3) is 0 Å². The molecule has 5 heteroatoms. The van der Waals surface area contributed by atoms with Gasteiger partial charge in [-0.1, -0.05) is 12.0 Å². The van der Waals surface area contributed by atoms with E-state index in [1.165, 1.54) is 0 Å². The van der Waals surface area contributed by atoms with Crippen molar-refractivity contribution in [1.29, 1.82) is 0 Å². The van der Waals surface area contributed by atoms with Gasteiger partial charge in [-0.05, 0) is 19.3 Å². The summed E-state index contributed by atoms with van der Waals surface area (Å²) < 4.78 is 0. The highest BCUT2D eigenvalue weighted by molar-refractivity contribution is 5.68. The lowest BCUT2D eigenvalue weighted by atomic mass is 10.3. The fourth-order valence-corrected chi connectivity index (χ4v) is 1.24. The van der Waals surface area contributed by atoms with Gasteiger partial charge in [0.2, 0.25) is 0 Å². The zero-order valence-corrected chi connectivity index (χ0v) is 7.64. The molecule has 0 aromatic heterocycles. The molecule has 1 aliphatic rings. The van der Waals surface area contributed by atoms with Crippen LogP contribution >= 0.6 is 0 Å². The normalized spacial score (nSPS) is 29.2. The number of hydrogen-bond donors (Lipinski definition) is 2. The Hall–Kier alpha value is -0.650.